The predicted molar refractivity (Wildman–Crippen MR) is 70.6 cm³/mol. The number of nitriles is 1. The lowest BCUT2D eigenvalue weighted by molar-refractivity contribution is 0.420. The predicted octanol–water partition coefficient (Wildman–Crippen LogP) is 4.22. The molecule has 0 N–H and O–H groups in total. The van der Waals surface area contributed by atoms with Gasteiger partial charge in [-0.15, -0.1) is 0 Å². The first-order valence-electron chi connectivity index (χ1n) is 6.62. The number of hydrogen-bond donors (Lipinski definition) is 0. The molecule has 0 saturated heterocycles. The van der Waals surface area contributed by atoms with Gasteiger partial charge in [-0.1, -0.05) is 45.6 Å². The zero-order valence-corrected chi connectivity index (χ0v) is 10.9. The van der Waals surface area contributed by atoms with Crippen LogP contribution < -0.4 is 0 Å². The molecule has 2 nitrogen and oxygen atoms in total. The maximum atomic E-state index is 9.59. The van der Waals surface area contributed by atoms with E-state index in [1.165, 1.54) is 0 Å². The summed E-state index contributed by atoms with van der Waals surface area (Å²) in [6.07, 6.45) is 8.08. The summed E-state index contributed by atoms with van der Waals surface area (Å²) in [6.45, 7) is 4.33. The molecule has 0 unspecified atom stereocenters. The Labute approximate surface area is 105 Å². The van der Waals surface area contributed by atoms with Crippen LogP contribution in [0.5, 0.6) is 0 Å². The third kappa shape index (κ3) is 3.56. The lowest BCUT2D eigenvalue weighted by Crippen LogP contribution is -2.25. The molecule has 0 bridgehead atoms. The van der Waals surface area contributed by atoms with Gasteiger partial charge >= 0.3 is 0 Å². The maximum absolute atomic E-state index is 9.59. The van der Waals surface area contributed by atoms with Crippen molar-refractivity contribution in [3.63, 3.8) is 0 Å². The Kier molecular flexibility index (Phi) is 5.69. The van der Waals surface area contributed by atoms with Gasteiger partial charge in [0, 0.05) is 6.20 Å². The minimum atomic E-state index is -0.368. The van der Waals surface area contributed by atoms with Crippen LogP contribution in [0.15, 0.2) is 24.4 Å². The molecule has 0 saturated carbocycles. The Morgan fingerprint density at radius 3 is 2.24 bits per heavy atom. The van der Waals surface area contributed by atoms with E-state index in [2.05, 4.69) is 24.9 Å². The van der Waals surface area contributed by atoms with E-state index in [-0.39, 0.29) is 5.41 Å². The zero-order chi connectivity index (χ0) is 12.6. The van der Waals surface area contributed by atoms with Crippen LogP contribution in [0.25, 0.3) is 0 Å². The summed E-state index contributed by atoms with van der Waals surface area (Å²) in [5.41, 5.74) is 0.581. The van der Waals surface area contributed by atoms with Gasteiger partial charge in [-0.2, -0.15) is 5.26 Å². The molecule has 1 rings (SSSR count). The molecular weight excluding hydrogens is 208 g/mol. The lowest BCUT2D eigenvalue weighted by Gasteiger charge is -2.25. The molecule has 0 radical (unpaired) electrons. The number of nitrogens with zero attached hydrogens (tertiary/aromatic N) is 2. The SMILES string of the molecule is CCCCC(C#N)(CCCC)c1ccccn1. The van der Waals surface area contributed by atoms with Crippen molar-refractivity contribution in [2.45, 2.75) is 57.8 Å². The van der Waals surface area contributed by atoms with Gasteiger partial charge in [-0.3, -0.25) is 4.98 Å². The summed E-state index contributed by atoms with van der Waals surface area (Å²) in [6, 6.07) is 8.42. The molecule has 92 valence electrons. The van der Waals surface area contributed by atoms with E-state index >= 15 is 0 Å². The molecule has 0 aromatic carbocycles. The first-order chi connectivity index (χ1) is 8.29. The Morgan fingerprint density at radius 1 is 1.18 bits per heavy atom. The first kappa shape index (κ1) is 13.7. The fourth-order valence-electron chi connectivity index (χ4n) is 2.15. The quantitative estimate of drug-likeness (QED) is 0.703. The van der Waals surface area contributed by atoms with Crippen LogP contribution in [-0.2, 0) is 5.41 Å². The largest absolute Gasteiger partial charge is 0.260 e. The van der Waals surface area contributed by atoms with Crippen LogP contribution in [0.3, 0.4) is 0 Å². The van der Waals surface area contributed by atoms with Crippen molar-refractivity contribution in [2.75, 3.05) is 0 Å². The lowest BCUT2D eigenvalue weighted by atomic mass is 9.76. The molecule has 0 atom stereocenters. The van der Waals surface area contributed by atoms with E-state index in [0.717, 1.165) is 44.2 Å². The topological polar surface area (TPSA) is 36.7 Å². The maximum Gasteiger partial charge on any atom is 0.0993 e. The van der Waals surface area contributed by atoms with Crippen molar-refractivity contribution in [2.24, 2.45) is 0 Å². The van der Waals surface area contributed by atoms with E-state index in [9.17, 15) is 5.26 Å². The molecule has 0 aliphatic heterocycles. The van der Waals surface area contributed by atoms with Crippen molar-refractivity contribution < 1.29 is 0 Å². The average molecular weight is 230 g/mol. The van der Waals surface area contributed by atoms with E-state index < -0.39 is 0 Å². The highest BCUT2D eigenvalue weighted by molar-refractivity contribution is 5.26. The van der Waals surface area contributed by atoms with E-state index in [1.807, 2.05) is 18.2 Å². The first-order valence-corrected chi connectivity index (χ1v) is 6.62. The van der Waals surface area contributed by atoms with Crippen LogP contribution in [0.1, 0.15) is 58.1 Å². The van der Waals surface area contributed by atoms with Crippen LogP contribution in [-0.4, -0.2) is 4.98 Å². The minimum absolute atomic E-state index is 0.368. The number of rotatable bonds is 7. The molecule has 0 amide bonds. The van der Waals surface area contributed by atoms with Crippen molar-refractivity contribution in [1.29, 1.82) is 5.26 Å². The fraction of sp³-hybridized carbons (Fsp3) is 0.600. The summed E-state index contributed by atoms with van der Waals surface area (Å²) in [7, 11) is 0. The van der Waals surface area contributed by atoms with Crippen LogP contribution in [0.2, 0.25) is 0 Å². The van der Waals surface area contributed by atoms with Gasteiger partial charge in [0.1, 0.15) is 0 Å². The number of aromatic nitrogens is 1. The van der Waals surface area contributed by atoms with Gasteiger partial charge in [0.05, 0.1) is 17.2 Å². The van der Waals surface area contributed by atoms with Gasteiger partial charge in [0.25, 0.3) is 0 Å². The van der Waals surface area contributed by atoms with Crippen molar-refractivity contribution >= 4 is 0 Å². The third-order valence-corrected chi connectivity index (χ3v) is 3.28. The van der Waals surface area contributed by atoms with Gasteiger partial charge in [-0.25, -0.2) is 0 Å². The molecule has 0 fully saturated rings. The Hall–Kier alpha value is -1.36. The Morgan fingerprint density at radius 2 is 1.82 bits per heavy atom. The van der Waals surface area contributed by atoms with Crippen LogP contribution in [0.4, 0.5) is 0 Å². The molecule has 1 aromatic rings. The number of pyridine rings is 1. The second-order valence-corrected chi connectivity index (χ2v) is 4.62. The molecule has 0 aliphatic carbocycles. The third-order valence-electron chi connectivity index (χ3n) is 3.28. The highest BCUT2D eigenvalue weighted by atomic mass is 14.7. The minimum Gasteiger partial charge on any atom is -0.260 e. The van der Waals surface area contributed by atoms with E-state index in [0.29, 0.717) is 0 Å². The summed E-state index contributed by atoms with van der Waals surface area (Å²) in [5.74, 6) is 0. The zero-order valence-electron chi connectivity index (χ0n) is 10.9. The normalized spacial score (nSPS) is 11.1. The van der Waals surface area contributed by atoms with Gasteiger partial charge in [0.15, 0.2) is 0 Å². The molecular formula is C15H22N2. The fourth-order valence-corrected chi connectivity index (χ4v) is 2.15. The molecule has 0 aliphatic rings. The second kappa shape index (κ2) is 7.06. The van der Waals surface area contributed by atoms with E-state index in [1.54, 1.807) is 6.20 Å². The van der Waals surface area contributed by atoms with Crippen molar-refractivity contribution in [3.05, 3.63) is 30.1 Å². The summed E-state index contributed by atoms with van der Waals surface area (Å²) in [4.78, 5) is 4.41. The highest BCUT2D eigenvalue weighted by Gasteiger charge is 2.32. The van der Waals surface area contributed by atoms with Gasteiger partial charge < -0.3 is 0 Å². The smallest absolute Gasteiger partial charge is 0.0993 e. The van der Waals surface area contributed by atoms with Crippen LogP contribution >= 0.6 is 0 Å². The molecule has 1 heterocycles. The Bertz CT molecular complexity index is 343. The Balaban J connectivity index is 2.94. The molecule has 1 aromatic heterocycles. The average Bonchev–Trinajstić information content (AvgIpc) is 2.41. The number of unbranched alkanes of at least 4 members (excludes halogenated alkanes) is 2. The summed E-state index contributed by atoms with van der Waals surface area (Å²) < 4.78 is 0. The van der Waals surface area contributed by atoms with Crippen molar-refractivity contribution in [3.8, 4) is 6.07 Å². The summed E-state index contributed by atoms with van der Waals surface area (Å²) in [5, 5.41) is 9.59. The monoisotopic (exact) mass is 230 g/mol. The van der Waals surface area contributed by atoms with Gasteiger partial charge in [-0.05, 0) is 25.0 Å². The number of hydrogen-bond acceptors (Lipinski definition) is 2. The van der Waals surface area contributed by atoms with Gasteiger partial charge in [0.2, 0.25) is 0 Å². The van der Waals surface area contributed by atoms with Crippen LogP contribution in [0, 0.1) is 11.3 Å². The van der Waals surface area contributed by atoms with Crippen molar-refractivity contribution in [1.82, 2.24) is 4.98 Å². The summed E-state index contributed by atoms with van der Waals surface area (Å²) >= 11 is 0. The molecule has 2 heteroatoms. The van der Waals surface area contributed by atoms with E-state index in [4.69, 9.17) is 0 Å². The highest BCUT2D eigenvalue weighted by Crippen LogP contribution is 2.33. The standard InChI is InChI=1S/C15H22N2/c1-3-5-10-15(13-16,11-6-4-2)14-9-7-8-12-17-14/h7-9,12H,3-6,10-11H2,1-2H3. The molecule has 0 spiro atoms. The molecule has 17 heavy (non-hydrogen) atoms. The second-order valence-electron chi connectivity index (χ2n) is 4.62.